The quantitative estimate of drug-likeness (QED) is 0.384. The van der Waals surface area contributed by atoms with Gasteiger partial charge in [0.25, 0.3) is 0 Å². The molecule has 1 saturated heterocycles. The summed E-state index contributed by atoms with van der Waals surface area (Å²) in [5.74, 6) is 1.25. The second kappa shape index (κ2) is 10.3. The van der Waals surface area contributed by atoms with Crippen LogP contribution in [0.15, 0.2) is 29.3 Å². The molecule has 1 aromatic carbocycles. The third-order valence-corrected chi connectivity index (χ3v) is 5.71. The fraction of sp³-hybridized carbons (Fsp3) is 0.588. The minimum atomic E-state index is -3.05. The number of guanidine groups is 1. The van der Waals surface area contributed by atoms with Gasteiger partial charge >= 0.3 is 0 Å². The summed E-state index contributed by atoms with van der Waals surface area (Å²) in [5.41, 5.74) is 2.46. The molecule has 1 aliphatic heterocycles. The van der Waals surface area contributed by atoms with Gasteiger partial charge < -0.3 is 10.6 Å². The Labute approximate surface area is 168 Å². The molecule has 0 unspecified atom stereocenters. The molecule has 0 aromatic heterocycles. The van der Waals surface area contributed by atoms with Crippen molar-refractivity contribution in [3.8, 4) is 0 Å². The SMILES string of the molecule is CN=C(NCc1ccc(C)cc1)NCC1CCN(S(C)(=O)=O)CC1.I. The highest BCUT2D eigenvalue weighted by Gasteiger charge is 2.24. The first kappa shape index (κ1) is 22.2. The van der Waals surface area contributed by atoms with Gasteiger partial charge in [-0.3, -0.25) is 4.99 Å². The lowest BCUT2D eigenvalue weighted by Crippen LogP contribution is -2.43. The first-order valence-electron chi connectivity index (χ1n) is 8.33. The molecule has 6 nitrogen and oxygen atoms in total. The van der Waals surface area contributed by atoms with Crippen molar-refractivity contribution in [2.24, 2.45) is 10.9 Å². The minimum absolute atomic E-state index is 0. The van der Waals surface area contributed by atoms with Crippen LogP contribution in [0.2, 0.25) is 0 Å². The number of nitrogens with one attached hydrogen (secondary N) is 2. The topological polar surface area (TPSA) is 73.8 Å². The van der Waals surface area contributed by atoms with Crippen LogP contribution in [-0.4, -0.2) is 51.6 Å². The predicted octanol–water partition coefficient (Wildman–Crippen LogP) is 1.95. The normalized spacial score (nSPS) is 17.0. The van der Waals surface area contributed by atoms with Crippen LogP contribution in [0.4, 0.5) is 0 Å². The van der Waals surface area contributed by atoms with E-state index in [4.69, 9.17) is 0 Å². The second-order valence-corrected chi connectivity index (χ2v) is 8.38. The summed E-state index contributed by atoms with van der Waals surface area (Å²) >= 11 is 0. The van der Waals surface area contributed by atoms with E-state index in [1.54, 1.807) is 11.4 Å². The van der Waals surface area contributed by atoms with Crippen molar-refractivity contribution in [1.82, 2.24) is 14.9 Å². The van der Waals surface area contributed by atoms with Gasteiger partial charge in [-0.05, 0) is 31.2 Å². The van der Waals surface area contributed by atoms with Crippen LogP contribution >= 0.6 is 24.0 Å². The number of rotatable bonds is 5. The Morgan fingerprint density at radius 1 is 1.20 bits per heavy atom. The third-order valence-electron chi connectivity index (χ3n) is 4.40. The molecule has 0 atom stereocenters. The van der Waals surface area contributed by atoms with E-state index in [0.717, 1.165) is 31.9 Å². The van der Waals surface area contributed by atoms with Gasteiger partial charge in [-0.1, -0.05) is 29.8 Å². The van der Waals surface area contributed by atoms with E-state index in [9.17, 15) is 8.42 Å². The molecule has 0 bridgehead atoms. The molecule has 1 heterocycles. The molecule has 142 valence electrons. The average Bonchev–Trinajstić information content (AvgIpc) is 2.56. The third kappa shape index (κ3) is 7.49. The maximum Gasteiger partial charge on any atom is 0.211 e. The summed E-state index contributed by atoms with van der Waals surface area (Å²) in [7, 11) is -1.29. The van der Waals surface area contributed by atoms with E-state index in [1.807, 2.05) is 0 Å². The number of hydrogen-bond donors (Lipinski definition) is 2. The zero-order valence-corrected chi connectivity index (χ0v) is 18.3. The van der Waals surface area contributed by atoms with Gasteiger partial charge in [-0.15, -0.1) is 24.0 Å². The highest BCUT2D eigenvalue weighted by Crippen LogP contribution is 2.18. The second-order valence-electron chi connectivity index (χ2n) is 6.40. The zero-order chi connectivity index (χ0) is 17.6. The molecule has 1 aromatic rings. The molecular formula is C17H29IN4O2S. The van der Waals surface area contributed by atoms with Crippen LogP contribution in [0, 0.1) is 12.8 Å². The van der Waals surface area contributed by atoms with Crippen molar-refractivity contribution in [1.29, 1.82) is 0 Å². The zero-order valence-electron chi connectivity index (χ0n) is 15.2. The smallest absolute Gasteiger partial charge is 0.211 e. The lowest BCUT2D eigenvalue weighted by molar-refractivity contribution is 0.275. The van der Waals surface area contributed by atoms with Crippen LogP contribution in [0.3, 0.4) is 0 Å². The lowest BCUT2D eigenvalue weighted by atomic mass is 9.98. The van der Waals surface area contributed by atoms with E-state index in [2.05, 4.69) is 46.8 Å². The van der Waals surface area contributed by atoms with Gasteiger partial charge in [0.2, 0.25) is 10.0 Å². The highest BCUT2D eigenvalue weighted by molar-refractivity contribution is 14.0. The van der Waals surface area contributed by atoms with E-state index < -0.39 is 10.0 Å². The monoisotopic (exact) mass is 480 g/mol. The summed E-state index contributed by atoms with van der Waals surface area (Å²) in [6, 6.07) is 8.42. The summed E-state index contributed by atoms with van der Waals surface area (Å²) in [5, 5.41) is 6.66. The number of nitrogens with zero attached hydrogens (tertiary/aromatic N) is 2. The molecule has 25 heavy (non-hydrogen) atoms. The molecular weight excluding hydrogens is 451 g/mol. The van der Waals surface area contributed by atoms with Gasteiger partial charge in [-0.2, -0.15) is 0 Å². The summed E-state index contributed by atoms with van der Waals surface area (Å²) < 4.78 is 24.6. The standard InChI is InChI=1S/C17H28N4O2S.HI/c1-14-4-6-15(7-5-14)12-19-17(18-2)20-13-16-8-10-21(11-9-16)24(3,22)23;/h4-7,16H,8-13H2,1-3H3,(H2,18,19,20);1H. The van der Waals surface area contributed by atoms with Crippen molar-refractivity contribution in [3.63, 3.8) is 0 Å². The molecule has 1 aliphatic rings. The number of aryl methyl sites for hydroxylation is 1. The highest BCUT2D eigenvalue weighted by atomic mass is 127. The van der Waals surface area contributed by atoms with Gasteiger partial charge in [0.1, 0.15) is 0 Å². The van der Waals surface area contributed by atoms with Gasteiger partial charge in [0.05, 0.1) is 6.26 Å². The number of sulfonamides is 1. The van der Waals surface area contributed by atoms with Crippen molar-refractivity contribution in [3.05, 3.63) is 35.4 Å². The maximum atomic E-state index is 11.5. The Morgan fingerprint density at radius 2 is 1.80 bits per heavy atom. The van der Waals surface area contributed by atoms with Crippen LogP contribution in [0.25, 0.3) is 0 Å². The fourth-order valence-corrected chi connectivity index (χ4v) is 3.67. The van der Waals surface area contributed by atoms with Crippen LogP contribution in [0.1, 0.15) is 24.0 Å². The van der Waals surface area contributed by atoms with Crippen molar-refractivity contribution >= 4 is 40.0 Å². The average molecular weight is 480 g/mol. The first-order chi connectivity index (χ1) is 11.4. The molecule has 0 saturated carbocycles. The van der Waals surface area contributed by atoms with E-state index in [-0.39, 0.29) is 24.0 Å². The van der Waals surface area contributed by atoms with Crippen LogP contribution in [0.5, 0.6) is 0 Å². The van der Waals surface area contributed by atoms with Gasteiger partial charge in [0.15, 0.2) is 5.96 Å². The van der Waals surface area contributed by atoms with Crippen molar-refractivity contribution in [2.45, 2.75) is 26.3 Å². The maximum absolute atomic E-state index is 11.5. The minimum Gasteiger partial charge on any atom is -0.356 e. The van der Waals surface area contributed by atoms with E-state index in [0.29, 0.717) is 19.0 Å². The number of aliphatic imine (C=N–C) groups is 1. The van der Waals surface area contributed by atoms with Gasteiger partial charge in [0, 0.05) is 33.2 Å². The van der Waals surface area contributed by atoms with E-state index >= 15 is 0 Å². The lowest BCUT2D eigenvalue weighted by Gasteiger charge is -2.30. The Kier molecular flexibility index (Phi) is 9.15. The summed E-state index contributed by atoms with van der Waals surface area (Å²) in [6.45, 7) is 4.84. The van der Waals surface area contributed by atoms with Gasteiger partial charge in [-0.25, -0.2) is 12.7 Å². The number of hydrogen-bond acceptors (Lipinski definition) is 3. The van der Waals surface area contributed by atoms with Crippen LogP contribution in [-0.2, 0) is 16.6 Å². The number of benzene rings is 1. The van der Waals surface area contributed by atoms with Crippen molar-refractivity contribution in [2.75, 3.05) is 32.9 Å². The molecule has 2 rings (SSSR count). The molecule has 1 fully saturated rings. The summed E-state index contributed by atoms with van der Waals surface area (Å²) in [4.78, 5) is 4.25. The number of piperidine rings is 1. The Bertz CT molecular complexity index is 654. The largest absolute Gasteiger partial charge is 0.356 e. The Morgan fingerprint density at radius 3 is 2.32 bits per heavy atom. The molecule has 0 amide bonds. The fourth-order valence-electron chi connectivity index (χ4n) is 2.80. The Hall–Kier alpha value is -0.870. The summed E-state index contributed by atoms with van der Waals surface area (Å²) in [6.07, 6.45) is 3.05. The molecule has 0 aliphatic carbocycles. The predicted molar refractivity (Wildman–Crippen MR) is 114 cm³/mol. The Balaban J connectivity index is 0.00000312. The first-order valence-corrected chi connectivity index (χ1v) is 10.2. The number of halogens is 1. The van der Waals surface area contributed by atoms with E-state index in [1.165, 1.54) is 17.4 Å². The van der Waals surface area contributed by atoms with Crippen molar-refractivity contribution < 1.29 is 8.42 Å². The molecule has 0 spiro atoms. The molecule has 2 N–H and O–H groups in total. The molecule has 8 heteroatoms. The van der Waals surface area contributed by atoms with Crippen LogP contribution < -0.4 is 10.6 Å². The molecule has 0 radical (unpaired) electrons.